The van der Waals surface area contributed by atoms with Crippen LogP contribution in [-0.4, -0.2) is 35.2 Å². The molecule has 1 heterocycles. The van der Waals surface area contributed by atoms with E-state index in [4.69, 9.17) is 9.47 Å². The average Bonchev–Trinajstić information content (AvgIpc) is 3.06. The van der Waals surface area contributed by atoms with Crippen molar-refractivity contribution < 1.29 is 23.9 Å². The van der Waals surface area contributed by atoms with Crippen LogP contribution in [0.2, 0.25) is 0 Å². The predicted octanol–water partition coefficient (Wildman–Crippen LogP) is 5.78. The lowest BCUT2D eigenvalue weighted by Gasteiger charge is -2.12. The number of nitrogens with zero attached hydrogens (tertiary/aromatic N) is 1. The first-order valence-corrected chi connectivity index (χ1v) is 11.9. The monoisotopic (exact) mass is 525 g/mol. The number of amides is 2. The third kappa shape index (κ3) is 5.29. The Labute approximate surface area is 203 Å². The molecule has 0 saturated carbocycles. The molecule has 1 aliphatic heterocycles. The molecule has 0 N–H and O–H groups in total. The molecule has 3 aromatic carbocycles. The van der Waals surface area contributed by atoms with Gasteiger partial charge in [0.15, 0.2) is 0 Å². The molecule has 33 heavy (non-hydrogen) atoms. The summed E-state index contributed by atoms with van der Waals surface area (Å²) in [4.78, 5) is 37.9. The highest BCUT2D eigenvalue weighted by Crippen LogP contribution is 2.35. The van der Waals surface area contributed by atoms with E-state index < -0.39 is 23.7 Å². The number of hydrogen-bond donors (Lipinski definition) is 0. The molecule has 0 aliphatic carbocycles. The van der Waals surface area contributed by atoms with Crippen LogP contribution in [0, 0.1) is 0 Å². The average molecular weight is 526 g/mol. The number of fused-ring (bicyclic) bond motifs is 1. The number of esters is 1. The summed E-state index contributed by atoms with van der Waals surface area (Å²) in [7, 11) is 0. The molecule has 0 atom stereocenters. The fraction of sp³-hybridized carbons (Fsp3) is 0.160. The van der Waals surface area contributed by atoms with E-state index in [1.807, 2.05) is 42.5 Å². The second kappa shape index (κ2) is 10.2. The number of rotatable bonds is 7. The van der Waals surface area contributed by atoms with Crippen molar-refractivity contribution in [3.8, 4) is 5.75 Å². The number of carbonyl (C=O) groups is 3. The quantitative estimate of drug-likeness (QED) is 0.287. The zero-order valence-electron chi connectivity index (χ0n) is 17.7. The number of halogens is 1. The summed E-state index contributed by atoms with van der Waals surface area (Å²) in [6, 6.07) is 19.6. The fourth-order valence-corrected chi connectivity index (χ4v) is 4.66. The molecule has 4 rings (SSSR count). The van der Waals surface area contributed by atoms with E-state index in [0.717, 1.165) is 37.5 Å². The van der Waals surface area contributed by atoms with Crippen LogP contribution >= 0.6 is 27.7 Å². The maximum Gasteiger partial charge on any atom is 0.326 e. The second-order valence-corrected chi connectivity index (χ2v) is 9.09. The fourth-order valence-electron chi connectivity index (χ4n) is 3.45. The van der Waals surface area contributed by atoms with Crippen LogP contribution in [0.5, 0.6) is 5.75 Å². The molecule has 168 valence electrons. The first-order chi connectivity index (χ1) is 16.0. The predicted molar refractivity (Wildman–Crippen MR) is 132 cm³/mol. The number of hydrogen-bond acceptors (Lipinski definition) is 6. The van der Waals surface area contributed by atoms with Crippen molar-refractivity contribution in [3.05, 3.63) is 81.2 Å². The number of thioether (sulfide) groups is 1. The molecule has 8 heteroatoms. The van der Waals surface area contributed by atoms with E-state index in [0.29, 0.717) is 17.9 Å². The van der Waals surface area contributed by atoms with Gasteiger partial charge in [-0.25, -0.2) is 0 Å². The van der Waals surface area contributed by atoms with Gasteiger partial charge in [0, 0.05) is 10.0 Å². The third-order valence-corrected chi connectivity index (χ3v) is 6.39. The molecule has 0 aromatic heterocycles. The summed E-state index contributed by atoms with van der Waals surface area (Å²) >= 11 is 4.24. The number of carbonyl (C=O) groups excluding carboxylic acids is 3. The van der Waals surface area contributed by atoms with E-state index in [-0.39, 0.29) is 11.5 Å². The molecule has 1 fully saturated rings. The van der Waals surface area contributed by atoms with Gasteiger partial charge in [0.2, 0.25) is 0 Å². The van der Waals surface area contributed by atoms with Gasteiger partial charge in [-0.1, -0.05) is 58.4 Å². The van der Waals surface area contributed by atoms with Gasteiger partial charge in [0.25, 0.3) is 11.1 Å². The lowest BCUT2D eigenvalue weighted by molar-refractivity contribution is -0.145. The van der Waals surface area contributed by atoms with Gasteiger partial charge in [-0.2, -0.15) is 0 Å². The molecule has 0 unspecified atom stereocenters. The van der Waals surface area contributed by atoms with Crippen molar-refractivity contribution in [2.24, 2.45) is 0 Å². The lowest BCUT2D eigenvalue weighted by atomic mass is 10.1. The zero-order valence-corrected chi connectivity index (χ0v) is 20.1. The highest BCUT2D eigenvalue weighted by atomic mass is 79.9. The van der Waals surface area contributed by atoms with Crippen LogP contribution in [0.4, 0.5) is 4.79 Å². The van der Waals surface area contributed by atoms with Crippen LogP contribution < -0.4 is 4.74 Å². The van der Waals surface area contributed by atoms with Crippen molar-refractivity contribution in [2.45, 2.75) is 13.5 Å². The van der Waals surface area contributed by atoms with Gasteiger partial charge >= 0.3 is 5.97 Å². The molecule has 6 nitrogen and oxygen atoms in total. The summed E-state index contributed by atoms with van der Waals surface area (Å²) < 4.78 is 11.8. The van der Waals surface area contributed by atoms with Crippen LogP contribution in [0.1, 0.15) is 18.1 Å². The molecule has 0 radical (unpaired) electrons. The van der Waals surface area contributed by atoms with Crippen molar-refractivity contribution in [1.82, 2.24) is 4.90 Å². The molecule has 1 aliphatic rings. The van der Waals surface area contributed by atoms with Crippen molar-refractivity contribution in [2.75, 3.05) is 13.2 Å². The molecule has 3 aromatic rings. The van der Waals surface area contributed by atoms with Gasteiger partial charge in [-0.3, -0.25) is 19.3 Å². The summed E-state index contributed by atoms with van der Waals surface area (Å²) in [5.41, 5.74) is 1.68. The topological polar surface area (TPSA) is 72.9 Å². The molecular weight excluding hydrogens is 506 g/mol. The Hall–Kier alpha value is -3.10. The third-order valence-electron chi connectivity index (χ3n) is 4.99. The molecule has 1 saturated heterocycles. The molecule has 0 bridgehead atoms. The van der Waals surface area contributed by atoms with E-state index >= 15 is 0 Å². The minimum atomic E-state index is -0.623. The summed E-state index contributed by atoms with van der Waals surface area (Å²) in [5.74, 6) is -0.580. The van der Waals surface area contributed by atoms with Crippen LogP contribution in [0.15, 0.2) is 70.0 Å². The Morgan fingerprint density at radius 3 is 2.70 bits per heavy atom. The Bertz CT molecular complexity index is 1270. The zero-order chi connectivity index (χ0) is 23.4. The van der Waals surface area contributed by atoms with E-state index in [1.165, 1.54) is 0 Å². The van der Waals surface area contributed by atoms with Gasteiger partial charge in [-0.15, -0.1) is 0 Å². The van der Waals surface area contributed by atoms with Gasteiger partial charge in [-0.05, 0) is 59.3 Å². The highest BCUT2D eigenvalue weighted by Gasteiger charge is 2.36. The molecule has 2 amide bonds. The van der Waals surface area contributed by atoms with Crippen molar-refractivity contribution in [1.29, 1.82) is 0 Å². The van der Waals surface area contributed by atoms with Gasteiger partial charge < -0.3 is 9.47 Å². The Morgan fingerprint density at radius 2 is 1.88 bits per heavy atom. The number of ether oxygens (including phenoxy) is 2. The van der Waals surface area contributed by atoms with Gasteiger partial charge in [0.05, 0.1) is 11.5 Å². The Balaban J connectivity index is 1.57. The lowest BCUT2D eigenvalue weighted by Crippen LogP contribution is -2.34. The first-order valence-electron chi connectivity index (χ1n) is 10.3. The maximum absolute atomic E-state index is 12.7. The van der Waals surface area contributed by atoms with Crippen LogP contribution in [0.3, 0.4) is 0 Å². The normalized spacial score (nSPS) is 14.8. The van der Waals surface area contributed by atoms with E-state index in [1.54, 1.807) is 13.0 Å². The number of benzene rings is 3. The largest absolute Gasteiger partial charge is 0.488 e. The maximum atomic E-state index is 12.7. The van der Waals surface area contributed by atoms with E-state index in [2.05, 4.69) is 34.1 Å². The Morgan fingerprint density at radius 1 is 1.09 bits per heavy atom. The van der Waals surface area contributed by atoms with E-state index in [9.17, 15) is 14.4 Å². The minimum absolute atomic E-state index is 0.181. The SMILES string of the molecule is CCOC(=O)CN1C(=O)S/C(=C/c2cc(Br)ccc2OCc2cccc3ccccc23)C1=O. The Kier molecular flexibility index (Phi) is 7.15. The first kappa shape index (κ1) is 23.1. The molecule has 0 spiro atoms. The smallest absolute Gasteiger partial charge is 0.326 e. The minimum Gasteiger partial charge on any atom is -0.488 e. The van der Waals surface area contributed by atoms with Gasteiger partial charge in [0.1, 0.15) is 18.9 Å². The van der Waals surface area contributed by atoms with Crippen LogP contribution in [-0.2, 0) is 20.9 Å². The standard InChI is InChI=1S/C25H20BrNO5S/c1-2-31-23(28)14-27-24(29)22(33-25(27)30)13-18-12-19(26)10-11-21(18)32-15-17-8-5-7-16-6-3-4-9-20(16)17/h3-13H,2,14-15H2,1H3/b22-13+. The van der Waals surface area contributed by atoms with Crippen LogP contribution in [0.25, 0.3) is 16.8 Å². The second-order valence-electron chi connectivity index (χ2n) is 7.18. The summed E-state index contributed by atoms with van der Waals surface area (Å²) in [6.45, 7) is 1.78. The van der Waals surface area contributed by atoms with Crippen molar-refractivity contribution >= 4 is 61.7 Å². The highest BCUT2D eigenvalue weighted by molar-refractivity contribution is 9.10. The number of imide groups is 1. The molecular formula is C25H20BrNO5S. The summed E-state index contributed by atoms with van der Waals surface area (Å²) in [6.07, 6.45) is 1.61. The summed E-state index contributed by atoms with van der Waals surface area (Å²) in [5, 5.41) is 1.73. The van der Waals surface area contributed by atoms with Crippen molar-refractivity contribution in [3.63, 3.8) is 0 Å².